The average Bonchev–Trinajstić information content (AvgIpc) is 2.23. The van der Waals surface area contributed by atoms with Gasteiger partial charge in [-0.05, 0) is 0 Å². The minimum Gasteiger partial charge on any atom is -0.356 e. The van der Waals surface area contributed by atoms with E-state index in [-0.39, 0.29) is 0 Å². The molecule has 0 rings (SSSR count). The van der Waals surface area contributed by atoms with Crippen LogP contribution in [-0.2, 0) is 19.1 Å². The number of rotatable bonds is 2. The standard InChI is InChI=1S/C9H4F6O5/c1-3(8(10,11)12)5(16)19-7(18)20-6(17)4(2)9(13,14)15/h1-2H2. The molecule has 20 heavy (non-hydrogen) atoms. The van der Waals surface area contributed by atoms with Crippen molar-refractivity contribution in [2.45, 2.75) is 12.4 Å². The summed E-state index contributed by atoms with van der Waals surface area (Å²) in [5, 5.41) is 0. The van der Waals surface area contributed by atoms with Crippen molar-refractivity contribution in [1.29, 1.82) is 0 Å². The van der Waals surface area contributed by atoms with Crippen LogP contribution in [0.25, 0.3) is 0 Å². The number of halogens is 6. The molecule has 0 aromatic rings. The first-order chi connectivity index (χ1) is 8.76. The van der Waals surface area contributed by atoms with Gasteiger partial charge >= 0.3 is 30.4 Å². The molecule has 0 bridgehead atoms. The molecule has 0 aromatic heterocycles. The van der Waals surface area contributed by atoms with Crippen LogP contribution in [0.5, 0.6) is 0 Å². The first-order valence-electron chi connectivity index (χ1n) is 4.27. The second-order valence-electron chi connectivity index (χ2n) is 2.98. The Morgan fingerprint density at radius 3 is 1.15 bits per heavy atom. The molecular weight excluding hydrogens is 302 g/mol. The quantitative estimate of drug-likeness (QED) is 0.339. The Balaban J connectivity index is 4.61. The van der Waals surface area contributed by atoms with Crippen molar-refractivity contribution in [3.63, 3.8) is 0 Å². The third kappa shape index (κ3) is 5.12. The van der Waals surface area contributed by atoms with Gasteiger partial charge in [-0.15, -0.1) is 0 Å². The van der Waals surface area contributed by atoms with Crippen LogP contribution in [-0.4, -0.2) is 30.4 Å². The molecule has 0 fully saturated rings. The Bertz CT molecular complexity index is 430. The number of esters is 2. The van der Waals surface area contributed by atoms with E-state index < -0.39 is 41.6 Å². The third-order valence-corrected chi connectivity index (χ3v) is 1.53. The Morgan fingerprint density at radius 2 is 0.950 bits per heavy atom. The van der Waals surface area contributed by atoms with E-state index in [9.17, 15) is 40.7 Å². The van der Waals surface area contributed by atoms with Crippen molar-refractivity contribution in [3.05, 3.63) is 24.3 Å². The maximum Gasteiger partial charge on any atom is 0.524 e. The van der Waals surface area contributed by atoms with Crippen LogP contribution in [0.1, 0.15) is 0 Å². The van der Waals surface area contributed by atoms with Gasteiger partial charge in [0.1, 0.15) is 11.1 Å². The van der Waals surface area contributed by atoms with Gasteiger partial charge in [0.2, 0.25) is 0 Å². The average molecular weight is 306 g/mol. The molecule has 0 aromatic carbocycles. The fourth-order valence-electron chi connectivity index (χ4n) is 0.527. The van der Waals surface area contributed by atoms with E-state index in [1.165, 1.54) is 0 Å². The zero-order valence-corrected chi connectivity index (χ0v) is 9.22. The highest BCUT2D eigenvalue weighted by Crippen LogP contribution is 2.26. The van der Waals surface area contributed by atoms with Crippen molar-refractivity contribution < 1.29 is 50.2 Å². The summed E-state index contributed by atoms with van der Waals surface area (Å²) in [6.07, 6.45) is -12.8. The van der Waals surface area contributed by atoms with E-state index in [0.717, 1.165) is 0 Å². The molecule has 11 heteroatoms. The number of alkyl halides is 6. The molecule has 0 aliphatic rings. The zero-order valence-electron chi connectivity index (χ0n) is 9.22. The molecule has 0 radical (unpaired) electrons. The molecule has 0 amide bonds. The molecule has 5 nitrogen and oxygen atoms in total. The predicted molar refractivity (Wildman–Crippen MR) is 48.0 cm³/mol. The van der Waals surface area contributed by atoms with Gasteiger partial charge in [-0.25, -0.2) is 14.4 Å². The lowest BCUT2D eigenvalue weighted by Gasteiger charge is -2.09. The molecule has 0 atom stereocenters. The first-order valence-corrected chi connectivity index (χ1v) is 4.27. The summed E-state index contributed by atoms with van der Waals surface area (Å²) in [4.78, 5) is 31.9. The van der Waals surface area contributed by atoms with E-state index in [1.807, 2.05) is 0 Å². The third-order valence-electron chi connectivity index (χ3n) is 1.53. The van der Waals surface area contributed by atoms with Crippen molar-refractivity contribution >= 4 is 18.1 Å². The minimum absolute atomic E-state index is 2.11. The fraction of sp³-hybridized carbons (Fsp3) is 0.222. The lowest BCUT2D eigenvalue weighted by atomic mass is 10.3. The topological polar surface area (TPSA) is 69.7 Å². The number of carbonyl (C=O) groups excluding carboxylic acids is 3. The normalized spacial score (nSPS) is 11.5. The van der Waals surface area contributed by atoms with Crippen molar-refractivity contribution in [2.24, 2.45) is 0 Å². The summed E-state index contributed by atoms with van der Waals surface area (Å²) in [5.74, 6) is -4.65. The molecule has 0 saturated heterocycles. The molecule has 0 spiro atoms. The maximum absolute atomic E-state index is 11.9. The SMILES string of the molecule is C=C(C(=O)OC(=O)OC(=O)C(=C)C(F)(F)F)C(F)(F)F. The maximum atomic E-state index is 11.9. The number of hydrogen-bond acceptors (Lipinski definition) is 5. The van der Waals surface area contributed by atoms with Gasteiger partial charge in [-0.2, -0.15) is 26.3 Å². The fourth-order valence-corrected chi connectivity index (χ4v) is 0.527. The van der Waals surface area contributed by atoms with Gasteiger partial charge in [0.25, 0.3) is 0 Å². The van der Waals surface area contributed by atoms with E-state index >= 15 is 0 Å². The molecule has 112 valence electrons. The Labute approximate surface area is 106 Å². The van der Waals surface area contributed by atoms with Crippen LogP contribution in [0.3, 0.4) is 0 Å². The van der Waals surface area contributed by atoms with Crippen molar-refractivity contribution in [1.82, 2.24) is 0 Å². The zero-order chi connectivity index (χ0) is 16.3. The number of carbonyl (C=O) groups is 3. The lowest BCUT2D eigenvalue weighted by molar-refractivity contribution is -0.152. The number of ether oxygens (including phenoxy) is 2. The van der Waals surface area contributed by atoms with Gasteiger partial charge in [-0.1, -0.05) is 13.2 Å². The van der Waals surface area contributed by atoms with Crippen LogP contribution in [0.15, 0.2) is 24.3 Å². The minimum atomic E-state index is -5.23. The summed E-state index contributed by atoms with van der Waals surface area (Å²) in [6.45, 7) is 4.49. The van der Waals surface area contributed by atoms with Crippen molar-refractivity contribution in [3.8, 4) is 0 Å². The molecule has 0 saturated carbocycles. The van der Waals surface area contributed by atoms with Gasteiger partial charge in [0.15, 0.2) is 0 Å². The second kappa shape index (κ2) is 5.75. The van der Waals surface area contributed by atoms with Gasteiger partial charge in [0.05, 0.1) is 0 Å². The summed E-state index contributed by atoms with van der Waals surface area (Å²) < 4.78 is 78.1. The molecule has 0 N–H and O–H groups in total. The summed E-state index contributed by atoms with van der Waals surface area (Å²) in [7, 11) is 0. The monoisotopic (exact) mass is 306 g/mol. The van der Waals surface area contributed by atoms with E-state index in [4.69, 9.17) is 0 Å². The Kier molecular flexibility index (Phi) is 5.08. The van der Waals surface area contributed by atoms with Crippen LogP contribution in [0, 0.1) is 0 Å². The molecular formula is C9H4F6O5. The molecule has 0 unspecified atom stereocenters. The highest BCUT2D eigenvalue weighted by atomic mass is 19.4. The summed E-state index contributed by atoms with van der Waals surface area (Å²) >= 11 is 0. The van der Waals surface area contributed by atoms with Gasteiger partial charge in [-0.3, -0.25) is 0 Å². The smallest absolute Gasteiger partial charge is 0.356 e. The van der Waals surface area contributed by atoms with E-state index in [0.29, 0.717) is 0 Å². The van der Waals surface area contributed by atoms with Gasteiger partial charge in [0, 0.05) is 0 Å². The molecule has 0 aliphatic heterocycles. The molecule has 0 aliphatic carbocycles. The van der Waals surface area contributed by atoms with Crippen LogP contribution >= 0.6 is 0 Å². The second-order valence-corrected chi connectivity index (χ2v) is 2.98. The van der Waals surface area contributed by atoms with Crippen LogP contribution in [0.2, 0.25) is 0 Å². The largest absolute Gasteiger partial charge is 0.524 e. The van der Waals surface area contributed by atoms with Gasteiger partial charge < -0.3 is 9.47 Å². The lowest BCUT2D eigenvalue weighted by Crippen LogP contribution is -2.27. The molecule has 0 heterocycles. The van der Waals surface area contributed by atoms with Crippen LogP contribution < -0.4 is 0 Å². The highest BCUT2D eigenvalue weighted by Gasteiger charge is 2.41. The van der Waals surface area contributed by atoms with E-state index in [2.05, 4.69) is 22.6 Å². The van der Waals surface area contributed by atoms with E-state index in [1.54, 1.807) is 0 Å². The predicted octanol–water partition coefficient (Wildman–Crippen LogP) is 2.43. The Hall–Kier alpha value is -2.33. The summed E-state index contributed by atoms with van der Waals surface area (Å²) in [6, 6.07) is 0. The Morgan fingerprint density at radius 1 is 0.700 bits per heavy atom. The highest BCUT2D eigenvalue weighted by molar-refractivity contribution is 6.00. The summed E-state index contributed by atoms with van der Waals surface area (Å²) in [5.41, 5.74) is -4.23. The van der Waals surface area contributed by atoms with Crippen LogP contribution in [0.4, 0.5) is 31.1 Å². The number of hydrogen-bond donors (Lipinski definition) is 0. The van der Waals surface area contributed by atoms with Crippen molar-refractivity contribution in [2.75, 3.05) is 0 Å². The first kappa shape index (κ1) is 17.7.